The van der Waals surface area contributed by atoms with Crippen LogP contribution in [0.5, 0.6) is 0 Å². The van der Waals surface area contributed by atoms with Gasteiger partial charge in [0, 0.05) is 5.02 Å². The molecule has 1 amide bonds. The third kappa shape index (κ3) is 2.06. The molecular weight excluding hydrogens is 330 g/mol. The number of carboxylic acids is 1. The van der Waals surface area contributed by atoms with Gasteiger partial charge in [-0.2, -0.15) is 4.31 Å². The molecule has 0 atom stereocenters. The SMILES string of the molecule is O=C(O)c1ccc2c(c1)S(=O)(=O)N(c1ccc(Cl)cc1)C2=O. The molecule has 0 spiro atoms. The number of fused-ring (bicyclic) bond motifs is 1. The molecule has 112 valence electrons. The van der Waals surface area contributed by atoms with Crippen LogP contribution in [0.1, 0.15) is 20.7 Å². The molecule has 0 aromatic heterocycles. The van der Waals surface area contributed by atoms with Crippen LogP contribution in [0.4, 0.5) is 5.69 Å². The number of carbonyl (C=O) groups excluding carboxylic acids is 1. The van der Waals surface area contributed by atoms with Crippen molar-refractivity contribution in [1.29, 1.82) is 0 Å². The van der Waals surface area contributed by atoms with Gasteiger partial charge in [0.2, 0.25) is 0 Å². The third-order valence-corrected chi connectivity index (χ3v) is 5.23. The summed E-state index contributed by atoms with van der Waals surface area (Å²) >= 11 is 5.75. The molecule has 3 rings (SSSR count). The Hall–Kier alpha value is -2.38. The van der Waals surface area contributed by atoms with Crippen LogP contribution in [-0.4, -0.2) is 25.4 Å². The van der Waals surface area contributed by atoms with Crippen molar-refractivity contribution in [1.82, 2.24) is 0 Å². The Morgan fingerprint density at radius 3 is 2.32 bits per heavy atom. The van der Waals surface area contributed by atoms with Gasteiger partial charge >= 0.3 is 5.97 Å². The van der Waals surface area contributed by atoms with Crippen LogP contribution in [0.3, 0.4) is 0 Å². The molecule has 8 heteroatoms. The van der Waals surface area contributed by atoms with E-state index in [2.05, 4.69) is 0 Å². The standard InChI is InChI=1S/C14H8ClNO5S/c15-9-2-4-10(5-3-9)16-13(17)11-6-1-8(14(18)19)7-12(11)22(16,20)21/h1-7H,(H,18,19). The highest BCUT2D eigenvalue weighted by Crippen LogP contribution is 2.35. The van der Waals surface area contributed by atoms with Gasteiger partial charge in [-0.1, -0.05) is 11.6 Å². The first-order chi connectivity index (χ1) is 10.3. The molecular formula is C14H8ClNO5S. The minimum absolute atomic E-state index is 0.0556. The molecule has 22 heavy (non-hydrogen) atoms. The van der Waals surface area contributed by atoms with Gasteiger partial charge < -0.3 is 5.11 Å². The normalized spacial score (nSPS) is 15.7. The zero-order valence-corrected chi connectivity index (χ0v) is 12.4. The predicted octanol–water partition coefficient (Wildman–Crippen LogP) is 2.39. The zero-order valence-electron chi connectivity index (χ0n) is 10.9. The van der Waals surface area contributed by atoms with Crippen LogP contribution in [-0.2, 0) is 10.0 Å². The number of carbonyl (C=O) groups is 2. The van der Waals surface area contributed by atoms with E-state index in [1.54, 1.807) is 0 Å². The number of rotatable bonds is 2. The van der Waals surface area contributed by atoms with E-state index >= 15 is 0 Å². The van der Waals surface area contributed by atoms with Crippen LogP contribution >= 0.6 is 11.6 Å². The minimum Gasteiger partial charge on any atom is -0.478 e. The average molecular weight is 338 g/mol. The molecule has 1 aliphatic rings. The number of nitrogens with zero attached hydrogens (tertiary/aromatic N) is 1. The van der Waals surface area contributed by atoms with E-state index in [0.717, 1.165) is 6.07 Å². The van der Waals surface area contributed by atoms with E-state index in [1.807, 2.05) is 0 Å². The highest BCUT2D eigenvalue weighted by Gasteiger charge is 2.42. The van der Waals surface area contributed by atoms with E-state index in [4.69, 9.17) is 16.7 Å². The second-order valence-corrected chi connectivity index (χ2v) is 6.76. The summed E-state index contributed by atoms with van der Waals surface area (Å²) in [6.45, 7) is 0. The van der Waals surface area contributed by atoms with Crippen molar-refractivity contribution in [3.05, 3.63) is 58.6 Å². The monoisotopic (exact) mass is 337 g/mol. The summed E-state index contributed by atoms with van der Waals surface area (Å²) in [5.41, 5.74) is -0.115. The molecule has 0 aliphatic carbocycles. The quantitative estimate of drug-likeness (QED) is 0.908. The fraction of sp³-hybridized carbons (Fsp3) is 0. The van der Waals surface area contributed by atoms with Crippen molar-refractivity contribution in [2.24, 2.45) is 0 Å². The summed E-state index contributed by atoms with van der Waals surface area (Å²) < 4.78 is 25.7. The number of hydrogen-bond acceptors (Lipinski definition) is 4. The molecule has 0 unspecified atom stereocenters. The largest absolute Gasteiger partial charge is 0.478 e. The first-order valence-electron chi connectivity index (χ1n) is 6.05. The molecule has 1 aliphatic heterocycles. The Bertz CT molecular complexity index is 905. The lowest BCUT2D eigenvalue weighted by atomic mass is 10.1. The van der Waals surface area contributed by atoms with Gasteiger partial charge in [-0.3, -0.25) is 4.79 Å². The van der Waals surface area contributed by atoms with Crippen LogP contribution in [0.2, 0.25) is 5.02 Å². The van der Waals surface area contributed by atoms with Gasteiger partial charge in [-0.05, 0) is 42.5 Å². The lowest BCUT2D eigenvalue weighted by Crippen LogP contribution is -2.29. The zero-order chi connectivity index (χ0) is 16.1. The molecule has 0 fully saturated rings. The Morgan fingerprint density at radius 2 is 1.73 bits per heavy atom. The summed E-state index contributed by atoms with van der Waals surface area (Å²) in [5.74, 6) is -2.00. The fourth-order valence-electron chi connectivity index (χ4n) is 2.19. The van der Waals surface area contributed by atoms with E-state index in [0.29, 0.717) is 9.33 Å². The summed E-state index contributed by atoms with van der Waals surface area (Å²) in [6.07, 6.45) is 0. The molecule has 0 radical (unpaired) electrons. The average Bonchev–Trinajstić information content (AvgIpc) is 2.67. The number of sulfonamides is 1. The fourth-order valence-corrected chi connectivity index (χ4v) is 3.94. The predicted molar refractivity (Wildman–Crippen MR) is 78.8 cm³/mol. The number of hydrogen-bond donors (Lipinski definition) is 1. The van der Waals surface area contributed by atoms with Crippen LogP contribution in [0.15, 0.2) is 47.4 Å². The maximum Gasteiger partial charge on any atom is 0.335 e. The molecule has 2 aromatic rings. The van der Waals surface area contributed by atoms with Gasteiger partial charge in [0.1, 0.15) is 4.90 Å². The van der Waals surface area contributed by atoms with Gasteiger partial charge in [0.05, 0.1) is 16.8 Å². The van der Waals surface area contributed by atoms with Crippen molar-refractivity contribution in [2.45, 2.75) is 4.90 Å². The number of amides is 1. The van der Waals surface area contributed by atoms with E-state index < -0.39 is 21.9 Å². The van der Waals surface area contributed by atoms with E-state index in [1.165, 1.54) is 36.4 Å². The molecule has 1 N–H and O–H groups in total. The molecule has 1 heterocycles. The third-order valence-electron chi connectivity index (χ3n) is 3.22. The van der Waals surface area contributed by atoms with Crippen molar-refractivity contribution >= 4 is 39.2 Å². The van der Waals surface area contributed by atoms with Crippen molar-refractivity contribution < 1.29 is 23.1 Å². The maximum absolute atomic E-state index is 12.5. The van der Waals surface area contributed by atoms with Crippen molar-refractivity contribution in [2.75, 3.05) is 4.31 Å². The minimum atomic E-state index is -4.14. The molecule has 0 saturated carbocycles. The Kier molecular flexibility index (Phi) is 3.19. The molecule has 0 saturated heterocycles. The number of carboxylic acid groups (broad SMARTS) is 1. The van der Waals surface area contributed by atoms with Crippen molar-refractivity contribution in [3.63, 3.8) is 0 Å². The first-order valence-corrected chi connectivity index (χ1v) is 7.87. The first kappa shape index (κ1) is 14.6. The molecule has 2 aromatic carbocycles. The number of halogens is 1. The van der Waals surface area contributed by atoms with E-state index in [9.17, 15) is 18.0 Å². The van der Waals surface area contributed by atoms with Crippen LogP contribution in [0.25, 0.3) is 0 Å². The maximum atomic E-state index is 12.5. The molecule has 0 bridgehead atoms. The number of aromatic carboxylic acids is 1. The van der Waals surface area contributed by atoms with Gasteiger partial charge in [0.25, 0.3) is 15.9 Å². The molecule has 6 nitrogen and oxygen atoms in total. The topological polar surface area (TPSA) is 91.8 Å². The summed E-state index contributed by atoms with van der Waals surface area (Å²) in [6, 6.07) is 9.12. The van der Waals surface area contributed by atoms with Crippen molar-refractivity contribution in [3.8, 4) is 0 Å². The van der Waals surface area contributed by atoms with Crippen LogP contribution in [0, 0.1) is 0 Å². The smallest absolute Gasteiger partial charge is 0.335 e. The summed E-state index contributed by atoms with van der Waals surface area (Å²) in [5, 5.41) is 9.36. The Balaban J connectivity index is 2.19. The highest BCUT2D eigenvalue weighted by molar-refractivity contribution is 7.94. The van der Waals surface area contributed by atoms with Gasteiger partial charge in [0.15, 0.2) is 0 Å². The number of anilines is 1. The van der Waals surface area contributed by atoms with Crippen LogP contribution < -0.4 is 4.31 Å². The second-order valence-electron chi connectivity index (χ2n) is 4.57. The Labute approximate surface area is 130 Å². The summed E-state index contributed by atoms with van der Waals surface area (Å²) in [4.78, 5) is 23.0. The lowest BCUT2D eigenvalue weighted by Gasteiger charge is -2.14. The van der Waals surface area contributed by atoms with Gasteiger partial charge in [-0.15, -0.1) is 0 Å². The van der Waals surface area contributed by atoms with Gasteiger partial charge in [-0.25, -0.2) is 13.2 Å². The summed E-state index contributed by atoms with van der Waals surface area (Å²) in [7, 11) is -4.14. The Morgan fingerprint density at radius 1 is 1.09 bits per heavy atom. The highest BCUT2D eigenvalue weighted by atomic mass is 35.5. The second kappa shape index (κ2) is 4.82. The number of benzene rings is 2. The van der Waals surface area contributed by atoms with E-state index in [-0.39, 0.29) is 21.7 Å². The lowest BCUT2D eigenvalue weighted by molar-refractivity contribution is 0.0696.